The lowest BCUT2D eigenvalue weighted by atomic mass is 10.3. The van der Waals surface area contributed by atoms with E-state index < -0.39 is 0 Å². The first-order chi connectivity index (χ1) is 8.62. The number of nitrogens with one attached hydrogen (secondary N) is 1. The van der Waals surface area contributed by atoms with Gasteiger partial charge in [0, 0.05) is 24.2 Å². The van der Waals surface area contributed by atoms with E-state index in [4.69, 9.17) is 0 Å². The number of aromatic nitrogens is 1. The van der Waals surface area contributed by atoms with Crippen LogP contribution in [0.15, 0.2) is 6.20 Å². The third kappa shape index (κ3) is 4.07. The number of nitrogens with zero attached hydrogens (tertiary/aromatic N) is 2. The SMILES string of the molecule is CCc1cnc(C(C)NCC(=O)N(CC)CC)s1. The van der Waals surface area contributed by atoms with Crippen LogP contribution in [0.1, 0.15) is 43.6 Å². The Hall–Kier alpha value is -0.940. The highest BCUT2D eigenvalue weighted by molar-refractivity contribution is 7.11. The van der Waals surface area contributed by atoms with E-state index in [-0.39, 0.29) is 11.9 Å². The standard InChI is InChI=1S/C13H23N3OS/c1-5-11-8-15-13(18-11)10(4)14-9-12(17)16(6-2)7-3/h8,10,14H,5-7,9H2,1-4H3. The van der Waals surface area contributed by atoms with Gasteiger partial charge in [-0.05, 0) is 27.2 Å². The zero-order chi connectivity index (χ0) is 13.5. The summed E-state index contributed by atoms with van der Waals surface area (Å²) in [5.74, 6) is 0.152. The number of thiazole rings is 1. The van der Waals surface area contributed by atoms with Crippen LogP contribution in [0.25, 0.3) is 0 Å². The summed E-state index contributed by atoms with van der Waals surface area (Å²) in [6.07, 6.45) is 2.94. The summed E-state index contributed by atoms with van der Waals surface area (Å²) in [6.45, 7) is 10.1. The second-order valence-electron chi connectivity index (χ2n) is 4.19. The molecule has 0 aliphatic rings. The van der Waals surface area contributed by atoms with Crippen LogP contribution < -0.4 is 5.32 Å². The van der Waals surface area contributed by atoms with Crippen molar-refractivity contribution in [2.24, 2.45) is 0 Å². The molecule has 1 aromatic rings. The van der Waals surface area contributed by atoms with Crippen molar-refractivity contribution in [3.63, 3.8) is 0 Å². The molecule has 0 saturated heterocycles. The number of likely N-dealkylation sites (N-methyl/N-ethyl adjacent to an activating group) is 1. The molecule has 0 saturated carbocycles. The van der Waals surface area contributed by atoms with Gasteiger partial charge < -0.3 is 4.90 Å². The minimum Gasteiger partial charge on any atom is -0.342 e. The van der Waals surface area contributed by atoms with Crippen molar-refractivity contribution in [1.82, 2.24) is 15.2 Å². The highest BCUT2D eigenvalue weighted by Crippen LogP contribution is 2.19. The van der Waals surface area contributed by atoms with Gasteiger partial charge in [0.2, 0.25) is 5.91 Å². The molecule has 18 heavy (non-hydrogen) atoms. The Morgan fingerprint density at radius 1 is 1.44 bits per heavy atom. The monoisotopic (exact) mass is 269 g/mol. The smallest absolute Gasteiger partial charge is 0.236 e. The Kier molecular flexibility index (Phi) is 6.29. The van der Waals surface area contributed by atoms with Crippen LogP contribution in [0.4, 0.5) is 0 Å². The lowest BCUT2D eigenvalue weighted by molar-refractivity contribution is -0.129. The number of rotatable bonds is 7. The molecule has 0 radical (unpaired) electrons. The number of amides is 1. The summed E-state index contributed by atoms with van der Waals surface area (Å²) in [4.78, 5) is 19.3. The average molecular weight is 269 g/mol. The Morgan fingerprint density at radius 2 is 2.11 bits per heavy atom. The van der Waals surface area contributed by atoms with Crippen molar-refractivity contribution >= 4 is 17.2 Å². The topological polar surface area (TPSA) is 45.2 Å². The Labute approximate surface area is 113 Å². The van der Waals surface area contributed by atoms with Crippen LogP contribution in [-0.4, -0.2) is 35.4 Å². The van der Waals surface area contributed by atoms with Crippen molar-refractivity contribution < 1.29 is 4.79 Å². The van der Waals surface area contributed by atoms with Crippen LogP contribution >= 0.6 is 11.3 Å². The quantitative estimate of drug-likeness (QED) is 0.825. The fourth-order valence-corrected chi connectivity index (χ4v) is 2.59. The first-order valence-corrected chi connectivity index (χ1v) is 7.39. The van der Waals surface area contributed by atoms with Gasteiger partial charge in [0.25, 0.3) is 0 Å². The number of aryl methyl sites for hydroxylation is 1. The predicted octanol–water partition coefficient (Wildman–Crippen LogP) is 2.22. The van der Waals surface area contributed by atoms with Crippen molar-refractivity contribution in [2.75, 3.05) is 19.6 Å². The molecule has 1 N–H and O–H groups in total. The van der Waals surface area contributed by atoms with Crippen molar-refractivity contribution in [1.29, 1.82) is 0 Å². The van der Waals surface area contributed by atoms with Crippen molar-refractivity contribution in [3.8, 4) is 0 Å². The Morgan fingerprint density at radius 3 is 2.61 bits per heavy atom. The molecule has 4 nitrogen and oxygen atoms in total. The van der Waals surface area contributed by atoms with E-state index in [1.165, 1.54) is 4.88 Å². The van der Waals surface area contributed by atoms with Crippen molar-refractivity contribution in [3.05, 3.63) is 16.1 Å². The zero-order valence-electron chi connectivity index (χ0n) is 11.7. The fraction of sp³-hybridized carbons (Fsp3) is 0.692. The number of hydrogen-bond donors (Lipinski definition) is 1. The summed E-state index contributed by atoms with van der Waals surface area (Å²) in [7, 11) is 0. The second kappa shape index (κ2) is 7.48. The Bertz CT molecular complexity index is 374. The third-order valence-electron chi connectivity index (χ3n) is 2.97. The molecule has 0 aliphatic heterocycles. The zero-order valence-corrected chi connectivity index (χ0v) is 12.5. The van der Waals surface area contributed by atoms with E-state index in [2.05, 4.69) is 17.2 Å². The summed E-state index contributed by atoms with van der Waals surface area (Å²) in [5.41, 5.74) is 0. The molecule has 1 aromatic heterocycles. The molecule has 1 heterocycles. The normalized spacial score (nSPS) is 12.4. The van der Waals surface area contributed by atoms with E-state index in [1.807, 2.05) is 31.9 Å². The maximum Gasteiger partial charge on any atom is 0.236 e. The first-order valence-electron chi connectivity index (χ1n) is 6.58. The predicted molar refractivity (Wildman–Crippen MR) is 75.8 cm³/mol. The highest BCUT2D eigenvalue weighted by atomic mass is 32.1. The van der Waals surface area contributed by atoms with Gasteiger partial charge in [0.05, 0.1) is 12.6 Å². The van der Waals surface area contributed by atoms with Gasteiger partial charge in [0.15, 0.2) is 0 Å². The van der Waals surface area contributed by atoms with Gasteiger partial charge in [-0.15, -0.1) is 11.3 Å². The van der Waals surface area contributed by atoms with E-state index in [0.29, 0.717) is 6.54 Å². The molecule has 5 heteroatoms. The molecule has 1 rings (SSSR count). The Balaban J connectivity index is 2.45. The van der Waals surface area contributed by atoms with Crippen LogP contribution in [0.3, 0.4) is 0 Å². The first kappa shape index (κ1) is 15.1. The highest BCUT2D eigenvalue weighted by Gasteiger charge is 2.13. The number of carbonyl (C=O) groups excluding carboxylic acids is 1. The number of carbonyl (C=O) groups is 1. The molecule has 0 aromatic carbocycles. The van der Waals surface area contributed by atoms with Gasteiger partial charge in [-0.1, -0.05) is 6.92 Å². The van der Waals surface area contributed by atoms with Gasteiger partial charge in [0.1, 0.15) is 5.01 Å². The third-order valence-corrected chi connectivity index (χ3v) is 4.29. The molecular weight excluding hydrogens is 246 g/mol. The minimum absolute atomic E-state index is 0.134. The van der Waals surface area contributed by atoms with E-state index >= 15 is 0 Å². The second-order valence-corrected chi connectivity index (χ2v) is 5.33. The van der Waals surface area contributed by atoms with Gasteiger partial charge in [-0.3, -0.25) is 10.1 Å². The lowest BCUT2D eigenvalue weighted by Gasteiger charge is -2.20. The molecule has 1 amide bonds. The summed E-state index contributed by atoms with van der Waals surface area (Å²) >= 11 is 1.71. The number of hydrogen-bond acceptors (Lipinski definition) is 4. The van der Waals surface area contributed by atoms with E-state index in [9.17, 15) is 4.79 Å². The van der Waals surface area contributed by atoms with Gasteiger partial charge >= 0.3 is 0 Å². The maximum atomic E-state index is 11.8. The van der Waals surface area contributed by atoms with Crippen LogP contribution in [-0.2, 0) is 11.2 Å². The minimum atomic E-state index is 0.134. The molecule has 1 atom stereocenters. The molecular formula is C13H23N3OS. The largest absolute Gasteiger partial charge is 0.342 e. The van der Waals surface area contributed by atoms with Crippen LogP contribution in [0, 0.1) is 0 Å². The molecule has 0 aliphatic carbocycles. The van der Waals surface area contributed by atoms with E-state index in [0.717, 1.165) is 24.5 Å². The van der Waals surface area contributed by atoms with Crippen molar-refractivity contribution in [2.45, 2.75) is 40.2 Å². The van der Waals surface area contributed by atoms with E-state index in [1.54, 1.807) is 11.3 Å². The summed E-state index contributed by atoms with van der Waals surface area (Å²) < 4.78 is 0. The van der Waals surface area contributed by atoms with Gasteiger partial charge in [-0.25, -0.2) is 4.98 Å². The molecule has 1 unspecified atom stereocenters. The molecule has 102 valence electrons. The average Bonchev–Trinajstić information content (AvgIpc) is 2.86. The summed E-state index contributed by atoms with van der Waals surface area (Å²) in [6, 6.07) is 0.134. The maximum absolute atomic E-state index is 11.8. The molecule has 0 spiro atoms. The fourth-order valence-electron chi connectivity index (χ4n) is 1.70. The molecule has 0 fully saturated rings. The lowest BCUT2D eigenvalue weighted by Crippen LogP contribution is -2.38. The van der Waals surface area contributed by atoms with Crippen LogP contribution in [0.2, 0.25) is 0 Å². The van der Waals surface area contributed by atoms with Crippen LogP contribution in [0.5, 0.6) is 0 Å². The molecule has 0 bridgehead atoms. The summed E-state index contributed by atoms with van der Waals surface area (Å²) in [5, 5.41) is 4.30. The van der Waals surface area contributed by atoms with Gasteiger partial charge in [-0.2, -0.15) is 0 Å².